The van der Waals surface area contributed by atoms with Gasteiger partial charge in [0.2, 0.25) is 0 Å². The maximum absolute atomic E-state index is 4.05. The summed E-state index contributed by atoms with van der Waals surface area (Å²) in [6.45, 7) is 15.4. The molecule has 0 spiro atoms. The molecule has 1 nitrogen and oxygen atoms in total. The standard InChI is InChI=1S/C19H30N/c1-4-7-20(8-5-2,9-6-3)19-13-16-10-17(14-19)12-18(11-16)15-19/h4-6,16-18H,1-3,7-15H2/q+1. The van der Waals surface area contributed by atoms with Crippen molar-refractivity contribution in [2.75, 3.05) is 19.6 Å². The van der Waals surface area contributed by atoms with Crippen molar-refractivity contribution in [2.24, 2.45) is 17.8 Å². The fourth-order valence-electron chi connectivity index (χ4n) is 6.19. The van der Waals surface area contributed by atoms with Gasteiger partial charge in [-0.05, 0) is 55.2 Å². The van der Waals surface area contributed by atoms with Crippen LogP contribution in [0.4, 0.5) is 0 Å². The van der Waals surface area contributed by atoms with E-state index in [-0.39, 0.29) is 0 Å². The second kappa shape index (κ2) is 5.18. The third kappa shape index (κ3) is 2.02. The average Bonchev–Trinajstić information content (AvgIpc) is 2.37. The van der Waals surface area contributed by atoms with E-state index in [1.807, 2.05) is 0 Å². The lowest BCUT2D eigenvalue weighted by atomic mass is 9.51. The molecule has 0 aromatic heterocycles. The maximum Gasteiger partial charge on any atom is 0.101 e. The molecule has 4 fully saturated rings. The van der Waals surface area contributed by atoms with Gasteiger partial charge in [0.15, 0.2) is 0 Å². The summed E-state index contributed by atoms with van der Waals surface area (Å²) in [5.41, 5.74) is 0.491. The highest BCUT2D eigenvalue weighted by atomic mass is 15.4. The summed E-state index contributed by atoms with van der Waals surface area (Å²) in [7, 11) is 0. The highest BCUT2D eigenvalue weighted by Gasteiger charge is 2.60. The Morgan fingerprint density at radius 1 is 0.750 bits per heavy atom. The van der Waals surface area contributed by atoms with E-state index >= 15 is 0 Å². The molecule has 1 heteroatoms. The molecule has 110 valence electrons. The molecular weight excluding hydrogens is 242 g/mol. The zero-order valence-electron chi connectivity index (χ0n) is 12.9. The van der Waals surface area contributed by atoms with Crippen molar-refractivity contribution in [1.82, 2.24) is 0 Å². The monoisotopic (exact) mass is 272 g/mol. The molecule has 4 aliphatic rings. The van der Waals surface area contributed by atoms with Gasteiger partial charge in [0, 0.05) is 19.3 Å². The number of quaternary nitrogens is 1. The summed E-state index contributed by atoms with van der Waals surface area (Å²) in [6.07, 6.45) is 15.2. The molecule has 0 aliphatic heterocycles. The van der Waals surface area contributed by atoms with E-state index in [2.05, 4.69) is 38.0 Å². The molecule has 0 unspecified atom stereocenters. The number of nitrogens with zero attached hydrogens (tertiary/aromatic N) is 1. The second-order valence-electron chi connectivity index (χ2n) is 7.70. The Labute approximate surface area is 124 Å². The summed E-state index contributed by atoms with van der Waals surface area (Å²) in [4.78, 5) is 0. The first-order valence-corrected chi connectivity index (χ1v) is 8.36. The summed E-state index contributed by atoms with van der Waals surface area (Å²) in [6, 6.07) is 0. The molecule has 0 N–H and O–H groups in total. The second-order valence-corrected chi connectivity index (χ2v) is 7.70. The van der Waals surface area contributed by atoms with Gasteiger partial charge in [-0.15, -0.1) is 0 Å². The highest BCUT2D eigenvalue weighted by Crippen LogP contribution is 2.59. The topological polar surface area (TPSA) is 0 Å². The van der Waals surface area contributed by atoms with E-state index in [1.165, 1.54) is 38.5 Å². The third-order valence-corrected chi connectivity index (χ3v) is 6.45. The molecule has 0 aromatic rings. The van der Waals surface area contributed by atoms with E-state index in [0.717, 1.165) is 41.9 Å². The molecule has 4 bridgehead atoms. The predicted octanol–water partition coefficient (Wildman–Crippen LogP) is 4.33. The van der Waals surface area contributed by atoms with Crippen LogP contribution >= 0.6 is 0 Å². The fourth-order valence-corrected chi connectivity index (χ4v) is 6.19. The van der Waals surface area contributed by atoms with Gasteiger partial charge >= 0.3 is 0 Å². The number of hydrogen-bond acceptors (Lipinski definition) is 0. The summed E-state index contributed by atoms with van der Waals surface area (Å²) >= 11 is 0. The van der Waals surface area contributed by atoms with Gasteiger partial charge in [0.25, 0.3) is 0 Å². The van der Waals surface area contributed by atoms with Crippen molar-refractivity contribution in [3.8, 4) is 0 Å². The average molecular weight is 272 g/mol. The Bertz CT molecular complexity index is 344. The van der Waals surface area contributed by atoms with E-state index in [9.17, 15) is 0 Å². The van der Waals surface area contributed by atoms with Crippen molar-refractivity contribution in [3.05, 3.63) is 38.0 Å². The van der Waals surface area contributed by atoms with Gasteiger partial charge in [0.05, 0.1) is 19.6 Å². The van der Waals surface area contributed by atoms with Crippen molar-refractivity contribution >= 4 is 0 Å². The zero-order chi connectivity index (χ0) is 14.2. The van der Waals surface area contributed by atoms with Crippen molar-refractivity contribution in [1.29, 1.82) is 0 Å². The summed E-state index contributed by atoms with van der Waals surface area (Å²) < 4.78 is 1.15. The Kier molecular flexibility index (Phi) is 3.66. The lowest BCUT2D eigenvalue weighted by molar-refractivity contribution is -0.967. The van der Waals surface area contributed by atoms with Crippen LogP contribution in [0.3, 0.4) is 0 Å². The molecule has 4 saturated carbocycles. The highest BCUT2D eigenvalue weighted by molar-refractivity contribution is 5.05. The summed E-state index contributed by atoms with van der Waals surface area (Å²) in [5, 5.41) is 0. The van der Waals surface area contributed by atoms with Gasteiger partial charge in [0.1, 0.15) is 5.54 Å². The van der Waals surface area contributed by atoms with Crippen LogP contribution in [-0.2, 0) is 0 Å². The van der Waals surface area contributed by atoms with E-state index in [1.54, 1.807) is 0 Å². The molecule has 4 aliphatic carbocycles. The van der Waals surface area contributed by atoms with Gasteiger partial charge in [-0.1, -0.05) is 19.7 Å². The van der Waals surface area contributed by atoms with Crippen LogP contribution in [0.25, 0.3) is 0 Å². The molecule has 20 heavy (non-hydrogen) atoms. The van der Waals surface area contributed by atoms with Crippen molar-refractivity contribution in [3.63, 3.8) is 0 Å². The Hall–Kier alpha value is -0.820. The molecule has 0 atom stereocenters. The minimum absolute atomic E-state index is 0.491. The van der Waals surface area contributed by atoms with E-state index in [0.29, 0.717) is 5.54 Å². The molecule has 0 radical (unpaired) electrons. The van der Waals surface area contributed by atoms with E-state index in [4.69, 9.17) is 0 Å². The normalized spacial score (nSPS) is 38.7. The number of hydrogen-bond donors (Lipinski definition) is 0. The van der Waals surface area contributed by atoms with Crippen LogP contribution in [0.2, 0.25) is 0 Å². The zero-order valence-corrected chi connectivity index (χ0v) is 12.9. The van der Waals surface area contributed by atoms with E-state index < -0.39 is 0 Å². The smallest absolute Gasteiger partial charge is 0.101 e. The van der Waals surface area contributed by atoms with Crippen LogP contribution in [-0.4, -0.2) is 29.7 Å². The first-order valence-electron chi connectivity index (χ1n) is 8.36. The third-order valence-electron chi connectivity index (χ3n) is 6.45. The SMILES string of the molecule is C=CC[N+](CC=C)(CC=C)C12CC3CC(CC(C3)C1)C2. The molecular formula is C19H30N+. The molecule has 0 heterocycles. The number of rotatable bonds is 7. The van der Waals surface area contributed by atoms with Gasteiger partial charge in [-0.2, -0.15) is 0 Å². The van der Waals surface area contributed by atoms with Crippen LogP contribution < -0.4 is 0 Å². The van der Waals surface area contributed by atoms with Crippen molar-refractivity contribution < 1.29 is 4.48 Å². The minimum atomic E-state index is 0.491. The molecule has 0 aromatic carbocycles. The Morgan fingerprint density at radius 2 is 1.10 bits per heavy atom. The predicted molar refractivity (Wildman–Crippen MR) is 86.4 cm³/mol. The van der Waals surface area contributed by atoms with Crippen LogP contribution in [0.15, 0.2) is 38.0 Å². The maximum atomic E-state index is 4.05. The molecule has 0 saturated heterocycles. The largest absolute Gasteiger partial charge is 0.309 e. The molecule has 4 rings (SSSR count). The Balaban J connectivity index is 1.98. The van der Waals surface area contributed by atoms with Crippen LogP contribution in [0.1, 0.15) is 38.5 Å². The molecule has 0 amide bonds. The van der Waals surface area contributed by atoms with Crippen molar-refractivity contribution in [2.45, 2.75) is 44.1 Å². The summed E-state index contributed by atoms with van der Waals surface area (Å²) in [5.74, 6) is 2.99. The lowest BCUT2D eigenvalue weighted by Gasteiger charge is -2.63. The van der Waals surface area contributed by atoms with Gasteiger partial charge in [-0.25, -0.2) is 0 Å². The fraction of sp³-hybridized carbons (Fsp3) is 0.684. The van der Waals surface area contributed by atoms with Gasteiger partial charge in [-0.3, -0.25) is 0 Å². The lowest BCUT2D eigenvalue weighted by Crippen LogP contribution is -2.70. The minimum Gasteiger partial charge on any atom is -0.309 e. The Morgan fingerprint density at radius 3 is 1.40 bits per heavy atom. The van der Waals surface area contributed by atoms with Crippen LogP contribution in [0, 0.1) is 17.8 Å². The van der Waals surface area contributed by atoms with Gasteiger partial charge < -0.3 is 4.48 Å². The first kappa shape index (κ1) is 14.1. The van der Waals surface area contributed by atoms with Crippen LogP contribution in [0.5, 0.6) is 0 Å². The quantitative estimate of drug-likeness (QED) is 0.478. The first-order chi connectivity index (χ1) is 9.67.